The molecule has 0 saturated heterocycles. The third-order valence-electron chi connectivity index (χ3n) is 3.67. The second-order valence-electron chi connectivity index (χ2n) is 5.69. The number of nitrogens with one attached hydrogen (secondary N) is 1. The summed E-state index contributed by atoms with van der Waals surface area (Å²) in [6, 6.07) is 5.38. The summed E-state index contributed by atoms with van der Waals surface area (Å²) in [5, 5.41) is 2.50. The smallest absolute Gasteiger partial charge is 0.295 e. The molecule has 0 aliphatic carbocycles. The Hall–Kier alpha value is -1.73. The Morgan fingerprint density at radius 3 is 2.33 bits per heavy atom. The molecule has 0 heterocycles. The third kappa shape index (κ3) is 7.23. The number of amides is 1. The van der Waals surface area contributed by atoms with E-state index in [1.807, 2.05) is 0 Å². The van der Waals surface area contributed by atoms with Gasteiger partial charge < -0.3 is 5.32 Å². The Bertz CT molecular complexity index is 655. The normalized spacial score (nSPS) is 11.2. The number of hydrogen-bond acceptors (Lipinski definition) is 4. The van der Waals surface area contributed by atoms with E-state index in [4.69, 9.17) is 4.55 Å². The molecule has 0 saturated carbocycles. The minimum atomic E-state index is -4.48. The first-order chi connectivity index (χ1) is 11.4. The highest BCUT2D eigenvalue weighted by molar-refractivity contribution is 7.86. The first-order valence-corrected chi connectivity index (χ1v) is 9.66. The third-order valence-corrected chi connectivity index (χ3v) is 4.58. The molecular formula is C17H25NO5S. The van der Waals surface area contributed by atoms with Gasteiger partial charge in [-0.25, -0.2) is 0 Å². The SMILES string of the molecule is CCCCCCCCC(=O)NCC(=O)c1ccccc1S(=O)(=O)O. The maximum absolute atomic E-state index is 12.1. The molecule has 1 aromatic rings. The quantitative estimate of drug-likeness (QED) is 0.361. The highest BCUT2D eigenvalue weighted by atomic mass is 32.2. The van der Waals surface area contributed by atoms with Gasteiger partial charge in [-0.05, 0) is 18.6 Å². The van der Waals surface area contributed by atoms with E-state index in [9.17, 15) is 18.0 Å². The summed E-state index contributed by atoms with van der Waals surface area (Å²) in [6.07, 6.45) is 6.74. The molecule has 0 unspecified atom stereocenters. The minimum absolute atomic E-state index is 0.125. The highest BCUT2D eigenvalue weighted by Gasteiger charge is 2.19. The van der Waals surface area contributed by atoms with Crippen LogP contribution in [0.4, 0.5) is 0 Å². The fourth-order valence-electron chi connectivity index (χ4n) is 2.35. The minimum Gasteiger partial charge on any atom is -0.349 e. The van der Waals surface area contributed by atoms with Crippen LogP contribution in [-0.2, 0) is 14.9 Å². The molecule has 1 aromatic carbocycles. The van der Waals surface area contributed by atoms with Crippen molar-refractivity contribution >= 4 is 21.8 Å². The molecule has 0 aromatic heterocycles. The zero-order valence-electron chi connectivity index (χ0n) is 14.0. The topological polar surface area (TPSA) is 101 Å². The molecule has 6 nitrogen and oxygen atoms in total. The monoisotopic (exact) mass is 355 g/mol. The Labute approximate surface area is 143 Å². The Kier molecular flexibility index (Phi) is 8.63. The second kappa shape index (κ2) is 10.2. The number of benzene rings is 1. The molecule has 1 amide bonds. The lowest BCUT2D eigenvalue weighted by molar-refractivity contribution is -0.121. The van der Waals surface area contributed by atoms with Gasteiger partial charge >= 0.3 is 0 Å². The average Bonchev–Trinajstić information content (AvgIpc) is 2.55. The lowest BCUT2D eigenvalue weighted by Gasteiger charge is -2.07. The maximum atomic E-state index is 12.1. The van der Waals surface area contributed by atoms with Crippen molar-refractivity contribution < 1.29 is 22.6 Å². The number of rotatable bonds is 11. The van der Waals surface area contributed by atoms with E-state index in [2.05, 4.69) is 12.2 Å². The van der Waals surface area contributed by atoms with Crippen LogP contribution in [-0.4, -0.2) is 31.2 Å². The van der Waals surface area contributed by atoms with Gasteiger partial charge in [-0.2, -0.15) is 8.42 Å². The molecule has 24 heavy (non-hydrogen) atoms. The summed E-state index contributed by atoms with van der Waals surface area (Å²) < 4.78 is 31.7. The second-order valence-corrected chi connectivity index (χ2v) is 7.08. The van der Waals surface area contributed by atoms with Crippen molar-refractivity contribution in [2.75, 3.05) is 6.54 Å². The molecule has 0 aliphatic rings. The molecule has 0 aliphatic heterocycles. The van der Waals surface area contributed by atoms with Crippen LogP contribution < -0.4 is 5.32 Å². The standard InChI is InChI=1S/C17H25NO5S/c1-2-3-4-5-6-7-12-17(20)18-13-15(19)14-10-8-9-11-16(14)24(21,22)23/h8-11H,2-7,12-13H2,1H3,(H,18,20)(H,21,22,23). The van der Waals surface area contributed by atoms with Crippen molar-refractivity contribution in [3.63, 3.8) is 0 Å². The number of hydrogen-bond donors (Lipinski definition) is 2. The predicted octanol–water partition coefficient (Wildman–Crippen LogP) is 2.98. The number of unbranched alkanes of at least 4 members (excludes halogenated alkanes) is 5. The number of carbonyl (C=O) groups excluding carboxylic acids is 2. The molecule has 1 rings (SSSR count). The van der Waals surface area contributed by atoms with E-state index in [0.29, 0.717) is 6.42 Å². The van der Waals surface area contributed by atoms with Crippen molar-refractivity contribution in [2.24, 2.45) is 0 Å². The van der Waals surface area contributed by atoms with Gasteiger partial charge in [0.25, 0.3) is 10.1 Å². The van der Waals surface area contributed by atoms with E-state index >= 15 is 0 Å². The lowest BCUT2D eigenvalue weighted by atomic mass is 10.1. The van der Waals surface area contributed by atoms with Crippen LogP contribution in [0.5, 0.6) is 0 Å². The van der Waals surface area contributed by atoms with Gasteiger partial charge in [-0.1, -0.05) is 51.2 Å². The van der Waals surface area contributed by atoms with Crippen LogP contribution in [0.25, 0.3) is 0 Å². The van der Waals surface area contributed by atoms with Gasteiger partial charge in [0.1, 0.15) is 4.90 Å². The van der Waals surface area contributed by atoms with Crippen LogP contribution >= 0.6 is 0 Å². The molecular weight excluding hydrogens is 330 g/mol. The van der Waals surface area contributed by atoms with Gasteiger partial charge in [0.15, 0.2) is 5.78 Å². The molecule has 0 radical (unpaired) electrons. The Balaban J connectivity index is 2.43. The van der Waals surface area contributed by atoms with Crippen molar-refractivity contribution in [1.82, 2.24) is 5.32 Å². The summed E-state index contributed by atoms with van der Waals surface area (Å²) in [5.41, 5.74) is -0.125. The van der Waals surface area contributed by atoms with Crippen molar-refractivity contribution in [3.05, 3.63) is 29.8 Å². The van der Waals surface area contributed by atoms with Crippen LogP contribution in [0, 0.1) is 0 Å². The molecule has 2 N–H and O–H groups in total. The van der Waals surface area contributed by atoms with E-state index in [-0.39, 0.29) is 18.0 Å². The summed E-state index contributed by atoms with van der Waals surface area (Å²) in [6.45, 7) is 1.85. The van der Waals surface area contributed by atoms with Gasteiger partial charge in [0.2, 0.25) is 5.91 Å². The molecule has 0 fully saturated rings. The van der Waals surface area contributed by atoms with E-state index in [0.717, 1.165) is 25.3 Å². The van der Waals surface area contributed by atoms with E-state index in [1.54, 1.807) is 0 Å². The Morgan fingerprint density at radius 1 is 1.04 bits per heavy atom. The van der Waals surface area contributed by atoms with Gasteiger partial charge in [0.05, 0.1) is 6.54 Å². The molecule has 0 bridgehead atoms. The number of carbonyl (C=O) groups is 2. The Morgan fingerprint density at radius 2 is 1.67 bits per heavy atom. The van der Waals surface area contributed by atoms with Crippen LogP contribution in [0.3, 0.4) is 0 Å². The van der Waals surface area contributed by atoms with Crippen LogP contribution in [0.1, 0.15) is 62.2 Å². The van der Waals surface area contributed by atoms with Crippen molar-refractivity contribution in [2.45, 2.75) is 56.8 Å². The summed E-state index contributed by atoms with van der Waals surface area (Å²) in [4.78, 5) is 23.3. The summed E-state index contributed by atoms with van der Waals surface area (Å²) >= 11 is 0. The fourth-order valence-corrected chi connectivity index (χ4v) is 3.06. The van der Waals surface area contributed by atoms with Gasteiger partial charge in [-0.3, -0.25) is 14.1 Å². The van der Waals surface area contributed by atoms with Crippen LogP contribution in [0.15, 0.2) is 29.2 Å². The molecule has 134 valence electrons. The highest BCUT2D eigenvalue weighted by Crippen LogP contribution is 2.15. The zero-order chi connectivity index (χ0) is 18.0. The zero-order valence-corrected chi connectivity index (χ0v) is 14.8. The predicted molar refractivity (Wildman–Crippen MR) is 91.6 cm³/mol. The van der Waals surface area contributed by atoms with Crippen LogP contribution in [0.2, 0.25) is 0 Å². The largest absolute Gasteiger partial charge is 0.349 e. The fraction of sp³-hybridized carbons (Fsp3) is 0.529. The number of Topliss-reactive ketones (excluding diaryl/α,β-unsaturated/α-hetero) is 1. The lowest BCUT2D eigenvalue weighted by Crippen LogP contribution is -2.30. The van der Waals surface area contributed by atoms with Gasteiger partial charge in [0, 0.05) is 12.0 Å². The van der Waals surface area contributed by atoms with E-state index in [1.165, 1.54) is 37.5 Å². The van der Waals surface area contributed by atoms with E-state index < -0.39 is 20.8 Å². The molecule has 0 atom stereocenters. The van der Waals surface area contributed by atoms with Gasteiger partial charge in [-0.15, -0.1) is 0 Å². The molecule has 0 spiro atoms. The summed E-state index contributed by atoms with van der Waals surface area (Å²) in [5.74, 6) is -0.789. The van der Waals surface area contributed by atoms with Crippen molar-refractivity contribution in [1.29, 1.82) is 0 Å². The average molecular weight is 355 g/mol. The summed E-state index contributed by atoms with van der Waals surface area (Å²) in [7, 11) is -4.48. The van der Waals surface area contributed by atoms with Crippen molar-refractivity contribution in [3.8, 4) is 0 Å². The number of ketones is 1. The maximum Gasteiger partial charge on any atom is 0.295 e. The first kappa shape index (κ1) is 20.3. The first-order valence-electron chi connectivity index (χ1n) is 8.22. The molecule has 7 heteroatoms.